The number of benzene rings is 3. The van der Waals surface area contributed by atoms with Crippen LogP contribution in [0.2, 0.25) is 0 Å². The number of nitrogens with zero attached hydrogens (tertiary/aromatic N) is 3. The van der Waals surface area contributed by atoms with Crippen molar-refractivity contribution in [3.8, 4) is 11.1 Å². The highest BCUT2D eigenvalue weighted by molar-refractivity contribution is 7.89. The SMILES string of the molecule is COCCOCCCNS(=O)(=O)c1ccc(-c2ccc(S(=O)(=O)NC(CNC(=O)c3ccc4c(cnn4CCCNc4ncc[nH]4)c3)C(=O)O)cc2)cc1. The first-order valence-corrected chi connectivity index (χ1v) is 19.9. The zero-order valence-corrected chi connectivity index (χ0v) is 31.0. The standard InChI is InChI=1S/C35H42N8O9S2/c1-51-20-21-52-19-3-15-41-53(47,48)29-9-4-25(5-10-29)26-6-11-30(12-7-26)54(49,50)42-31(34(45)46)24-39-33(44)27-8-13-32-28(22-27)23-40-43(32)18-2-14-36-35-37-16-17-38-35/h4-13,16-17,22-23,31,41-42H,2-3,14-15,18-21,24H2,1H3,(H,39,44)(H,45,46)(H2,36,37,38). The fourth-order valence-corrected chi connectivity index (χ4v) is 7.56. The quantitative estimate of drug-likeness (QED) is 0.0556. The molecule has 0 saturated heterocycles. The smallest absolute Gasteiger partial charge is 0.323 e. The van der Waals surface area contributed by atoms with Gasteiger partial charge in [-0.25, -0.2) is 26.5 Å². The first-order chi connectivity index (χ1) is 26.0. The number of sulfonamides is 2. The maximum Gasteiger partial charge on any atom is 0.323 e. The summed E-state index contributed by atoms with van der Waals surface area (Å²) < 4.78 is 68.3. The van der Waals surface area contributed by atoms with Crippen LogP contribution in [0.15, 0.2) is 95.1 Å². The first-order valence-electron chi connectivity index (χ1n) is 17.0. The van der Waals surface area contributed by atoms with Crippen molar-refractivity contribution in [2.45, 2.75) is 35.2 Å². The number of imidazole rings is 1. The Kier molecular flexibility index (Phi) is 13.9. The number of aromatic amines is 1. The van der Waals surface area contributed by atoms with Crippen molar-refractivity contribution in [2.24, 2.45) is 0 Å². The van der Waals surface area contributed by atoms with E-state index in [2.05, 4.69) is 35.1 Å². The summed E-state index contributed by atoms with van der Waals surface area (Å²) in [5, 5.41) is 20.6. The van der Waals surface area contributed by atoms with Gasteiger partial charge in [0.2, 0.25) is 20.0 Å². The van der Waals surface area contributed by atoms with Gasteiger partial charge in [-0.1, -0.05) is 24.3 Å². The summed E-state index contributed by atoms with van der Waals surface area (Å²) >= 11 is 0. The number of hydrogen-bond acceptors (Lipinski definition) is 11. The van der Waals surface area contributed by atoms with E-state index in [0.29, 0.717) is 61.8 Å². The van der Waals surface area contributed by atoms with E-state index < -0.39 is 44.5 Å². The maximum absolute atomic E-state index is 13.1. The molecule has 1 amide bonds. The van der Waals surface area contributed by atoms with E-state index in [-0.39, 0.29) is 21.9 Å². The summed E-state index contributed by atoms with van der Waals surface area (Å²) in [5.74, 6) is -1.38. The fraction of sp³-hybridized carbons (Fsp3) is 0.314. The molecule has 0 bridgehead atoms. The van der Waals surface area contributed by atoms with Crippen LogP contribution in [-0.4, -0.2) is 106 Å². The Labute approximate surface area is 312 Å². The number of carboxylic acid groups (broad SMARTS) is 1. The number of aromatic nitrogens is 4. The molecule has 1 atom stereocenters. The van der Waals surface area contributed by atoms with Gasteiger partial charge in [-0.3, -0.25) is 14.3 Å². The molecule has 5 aromatic rings. The number of carbonyl (C=O) groups excluding carboxylic acids is 1. The number of aliphatic carboxylic acids is 1. The summed E-state index contributed by atoms with van der Waals surface area (Å²) in [5.41, 5.74) is 2.31. The van der Waals surface area contributed by atoms with E-state index in [4.69, 9.17) is 9.47 Å². The van der Waals surface area contributed by atoms with Gasteiger partial charge < -0.3 is 30.2 Å². The Morgan fingerprint density at radius 2 is 1.59 bits per heavy atom. The number of H-pyrrole nitrogens is 1. The maximum atomic E-state index is 13.1. The van der Waals surface area contributed by atoms with E-state index in [0.717, 1.165) is 11.9 Å². The monoisotopic (exact) mass is 782 g/mol. The van der Waals surface area contributed by atoms with E-state index in [1.165, 1.54) is 36.4 Å². The highest BCUT2D eigenvalue weighted by Gasteiger charge is 2.26. The van der Waals surface area contributed by atoms with Crippen molar-refractivity contribution >= 4 is 48.8 Å². The summed E-state index contributed by atoms with van der Waals surface area (Å²) in [6, 6.07) is 15.0. The third-order valence-electron chi connectivity index (χ3n) is 8.16. The molecular weight excluding hydrogens is 741 g/mol. The number of carbonyl (C=O) groups is 2. The second-order valence-electron chi connectivity index (χ2n) is 12.0. The zero-order chi connectivity index (χ0) is 38.6. The van der Waals surface area contributed by atoms with Crippen LogP contribution in [0.1, 0.15) is 23.2 Å². The van der Waals surface area contributed by atoms with Crippen molar-refractivity contribution in [1.82, 2.24) is 34.5 Å². The number of methoxy groups -OCH3 is 1. The van der Waals surface area contributed by atoms with Crippen molar-refractivity contribution in [3.05, 3.63) is 90.9 Å². The summed E-state index contributed by atoms with van der Waals surface area (Å²) in [7, 11) is -6.49. The molecule has 2 heterocycles. The van der Waals surface area contributed by atoms with Gasteiger partial charge in [-0.2, -0.15) is 9.82 Å². The molecule has 0 aliphatic heterocycles. The van der Waals surface area contributed by atoms with Crippen LogP contribution in [0.4, 0.5) is 5.95 Å². The molecule has 6 N–H and O–H groups in total. The lowest BCUT2D eigenvalue weighted by Crippen LogP contribution is -2.48. The number of hydrogen-bond donors (Lipinski definition) is 6. The van der Waals surface area contributed by atoms with Gasteiger partial charge in [-0.05, 0) is 66.4 Å². The molecule has 1 unspecified atom stereocenters. The number of amides is 1. The minimum Gasteiger partial charge on any atom is -0.480 e. The molecule has 3 aromatic carbocycles. The molecule has 19 heteroatoms. The topological polar surface area (TPSA) is 236 Å². The molecule has 0 spiro atoms. The summed E-state index contributed by atoms with van der Waals surface area (Å²) in [6.07, 6.45) is 6.28. The minimum absolute atomic E-state index is 0.0694. The van der Waals surface area contributed by atoms with Crippen molar-refractivity contribution in [2.75, 3.05) is 51.9 Å². The predicted octanol–water partition coefficient (Wildman–Crippen LogP) is 2.42. The largest absolute Gasteiger partial charge is 0.480 e. The van der Waals surface area contributed by atoms with Crippen molar-refractivity contribution in [1.29, 1.82) is 0 Å². The highest BCUT2D eigenvalue weighted by Crippen LogP contribution is 2.23. The van der Waals surface area contributed by atoms with Gasteiger partial charge in [0, 0.05) is 63.2 Å². The average Bonchev–Trinajstić information content (AvgIpc) is 3.84. The van der Waals surface area contributed by atoms with Crippen molar-refractivity contribution in [3.63, 3.8) is 0 Å². The van der Waals surface area contributed by atoms with Crippen LogP contribution in [0.25, 0.3) is 22.0 Å². The molecule has 288 valence electrons. The Bertz CT molecular complexity index is 2210. The van der Waals surface area contributed by atoms with Crippen LogP contribution in [-0.2, 0) is 40.9 Å². The van der Waals surface area contributed by atoms with Crippen LogP contribution in [0.3, 0.4) is 0 Å². The molecule has 0 aliphatic carbocycles. The number of rotatable bonds is 22. The van der Waals surface area contributed by atoms with Crippen LogP contribution < -0.4 is 20.1 Å². The van der Waals surface area contributed by atoms with Crippen LogP contribution in [0.5, 0.6) is 0 Å². The molecule has 0 fully saturated rings. The Morgan fingerprint density at radius 3 is 2.24 bits per heavy atom. The van der Waals surface area contributed by atoms with Gasteiger partial charge in [-0.15, -0.1) is 0 Å². The zero-order valence-electron chi connectivity index (χ0n) is 29.4. The second-order valence-corrected chi connectivity index (χ2v) is 15.5. The number of aryl methyl sites for hydroxylation is 1. The molecule has 0 saturated carbocycles. The number of nitrogens with one attached hydrogen (secondary N) is 5. The molecular formula is C35H42N8O9S2. The lowest BCUT2D eigenvalue weighted by molar-refractivity contribution is -0.138. The first kappa shape index (κ1) is 40.0. The van der Waals surface area contributed by atoms with Gasteiger partial charge >= 0.3 is 5.97 Å². The predicted molar refractivity (Wildman–Crippen MR) is 200 cm³/mol. The van der Waals surface area contributed by atoms with Crippen LogP contribution in [0, 0.1) is 0 Å². The van der Waals surface area contributed by atoms with E-state index in [9.17, 15) is 31.5 Å². The second kappa shape index (κ2) is 18.7. The van der Waals surface area contributed by atoms with Gasteiger partial charge in [0.25, 0.3) is 5.91 Å². The number of ether oxygens (including phenoxy) is 2. The number of anilines is 1. The van der Waals surface area contributed by atoms with Gasteiger partial charge in [0.15, 0.2) is 5.95 Å². The molecule has 17 nitrogen and oxygen atoms in total. The third kappa shape index (κ3) is 10.9. The van der Waals surface area contributed by atoms with Gasteiger partial charge in [0.05, 0.1) is 34.7 Å². The normalized spacial score (nSPS) is 12.5. The van der Waals surface area contributed by atoms with E-state index in [1.807, 2.05) is 4.68 Å². The molecule has 54 heavy (non-hydrogen) atoms. The Hall–Kier alpha value is -5.18. The highest BCUT2D eigenvalue weighted by atomic mass is 32.2. The lowest BCUT2D eigenvalue weighted by atomic mass is 10.1. The third-order valence-corrected chi connectivity index (χ3v) is 11.1. The molecule has 5 rings (SSSR count). The molecule has 2 aromatic heterocycles. The Balaban J connectivity index is 1.12. The van der Waals surface area contributed by atoms with E-state index in [1.54, 1.807) is 56.0 Å². The number of fused-ring (bicyclic) bond motifs is 1. The van der Waals surface area contributed by atoms with Gasteiger partial charge in [0.1, 0.15) is 6.04 Å². The van der Waals surface area contributed by atoms with Crippen molar-refractivity contribution < 1.29 is 41.0 Å². The summed E-state index contributed by atoms with van der Waals surface area (Å²) in [4.78, 5) is 31.9. The number of carboxylic acids is 1. The molecule has 0 radical (unpaired) electrons. The Morgan fingerprint density at radius 1 is 0.889 bits per heavy atom. The van der Waals surface area contributed by atoms with Crippen LogP contribution >= 0.6 is 0 Å². The average molecular weight is 783 g/mol. The fourth-order valence-electron chi connectivity index (χ4n) is 5.30. The summed E-state index contributed by atoms with van der Waals surface area (Å²) in [6.45, 7) is 2.26. The van der Waals surface area contributed by atoms with E-state index >= 15 is 0 Å². The minimum atomic E-state index is -4.31. The molecule has 0 aliphatic rings. The lowest BCUT2D eigenvalue weighted by Gasteiger charge is -2.16.